The first-order chi connectivity index (χ1) is 14.7. The average molecular weight is 454 g/mol. The Bertz CT molecular complexity index is 1410. The zero-order valence-electron chi connectivity index (χ0n) is 15.7. The van der Waals surface area contributed by atoms with Crippen LogP contribution in [-0.4, -0.2) is 26.7 Å². The van der Waals surface area contributed by atoms with Crippen molar-refractivity contribution in [2.75, 3.05) is 12.4 Å². The fraction of sp³-hybridized carbons (Fsp3) is 0.100. The van der Waals surface area contributed by atoms with Gasteiger partial charge in [-0.2, -0.15) is 0 Å². The molecule has 0 unspecified atom stereocenters. The molecule has 1 N–H and O–H groups in total. The maximum Gasteiger partial charge on any atom is 0.259 e. The number of benzene rings is 2. The number of ether oxygens (including phenoxy) is 1. The maximum absolute atomic E-state index is 12.6. The molecule has 0 bridgehead atoms. The molecular formula is C20H15N5O2S3. The molecule has 7 nitrogen and oxygen atoms in total. The van der Waals surface area contributed by atoms with E-state index >= 15 is 0 Å². The molecule has 150 valence electrons. The smallest absolute Gasteiger partial charge is 0.259 e. The summed E-state index contributed by atoms with van der Waals surface area (Å²) < 4.78 is 8.75. The topological polar surface area (TPSA) is 81.4 Å². The van der Waals surface area contributed by atoms with Gasteiger partial charge < -0.3 is 10.1 Å². The molecule has 0 saturated carbocycles. The minimum Gasteiger partial charge on any atom is -0.497 e. The maximum atomic E-state index is 12.6. The van der Waals surface area contributed by atoms with E-state index in [1.807, 2.05) is 48.5 Å². The molecule has 0 aliphatic carbocycles. The molecule has 3 heterocycles. The predicted molar refractivity (Wildman–Crippen MR) is 123 cm³/mol. The highest BCUT2D eigenvalue weighted by Crippen LogP contribution is 2.31. The van der Waals surface area contributed by atoms with Gasteiger partial charge in [-0.05, 0) is 24.3 Å². The van der Waals surface area contributed by atoms with Crippen molar-refractivity contribution in [2.24, 2.45) is 0 Å². The predicted octanol–water partition coefficient (Wildman–Crippen LogP) is 4.81. The van der Waals surface area contributed by atoms with Crippen LogP contribution >= 0.6 is 34.4 Å². The van der Waals surface area contributed by atoms with Crippen molar-refractivity contribution in [3.63, 3.8) is 0 Å². The first-order valence-electron chi connectivity index (χ1n) is 8.97. The van der Waals surface area contributed by atoms with E-state index in [0.717, 1.165) is 31.7 Å². The van der Waals surface area contributed by atoms with E-state index in [0.29, 0.717) is 15.8 Å². The van der Waals surface area contributed by atoms with Crippen molar-refractivity contribution in [1.82, 2.24) is 19.6 Å². The fourth-order valence-electron chi connectivity index (χ4n) is 2.98. The number of thiazole rings is 1. The van der Waals surface area contributed by atoms with E-state index in [4.69, 9.17) is 4.74 Å². The van der Waals surface area contributed by atoms with E-state index in [2.05, 4.69) is 20.5 Å². The highest BCUT2D eigenvalue weighted by Gasteiger charge is 2.11. The number of hydrogen-bond donors (Lipinski definition) is 1. The number of thioether (sulfide) groups is 1. The molecule has 2 aromatic carbocycles. The summed E-state index contributed by atoms with van der Waals surface area (Å²) in [6, 6.07) is 17.1. The highest BCUT2D eigenvalue weighted by molar-refractivity contribution is 8.00. The third-order valence-corrected chi connectivity index (χ3v) is 7.35. The SMILES string of the molecule is COc1cccc(Nc2nnc(SCc3cc(=O)n4c(n3)sc3ccccc34)s2)c1. The van der Waals surface area contributed by atoms with Crippen molar-refractivity contribution in [3.05, 3.63) is 70.6 Å². The molecule has 5 aromatic rings. The van der Waals surface area contributed by atoms with Gasteiger partial charge in [0.15, 0.2) is 9.30 Å². The molecule has 0 fully saturated rings. The molecule has 0 saturated heterocycles. The average Bonchev–Trinajstić information content (AvgIpc) is 3.36. The molecule has 0 aliphatic heterocycles. The van der Waals surface area contributed by atoms with Crippen LogP contribution in [0.1, 0.15) is 5.69 Å². The normalized spacial score (nSPS) is 11.2. The van der Waals surface area contributed by atoms with Gasteiger partial charge in [0.2, 0.25) is 5.13 Å². The monoisotopic (exact) mass is 453 g/mol. The summed E-state index contributed by atoms with van der Waals surface area (Å²) in [5.74, 6) is 1.32. The zero-order valence-corrected chi connectivity index (χ0v) is 18.2. The largest absolute Gasteiger partial charge is 0.497 e. The molecule has 10 heteroatoms. The van der Waals surface area contributed by atoms with E-state index in [9.17, 15) is 4.79 Å². The van der Waals surface area contributed by atoms with Crippen molar-refractivity contribution in [1.29, 1.82) is 0 Å². The second-order valence-electron chi connectivity index (χ2n) is 6.29. The van der Waals surface area contributed by atoms with Crippen molar-refractivity contribution in [2.45, 2.75) is 10.1 Å². The Morgan fingerprint density at radius 3 is 2.90 bits per heavy atom. The second-order valence-corrected chi connectivity index (χ2v) is 9.50. The van der Waals surface area contributed by atoms with E-state index in [-0.39, 0.29) is 5.56 Å². The lowest BCUT2D eigenvalue weighted by atomic mass is 10.3. The molecule has 0 aliphatic rings. The number of methoxy groups -OCH3 is 1. The van der Waals surface area contributed by atoms with E-state index in [1.54, 1.807) is 17.6 Å². The van der Waals surface area contributed by atoms with Crippen LogP contribution in [-0.2, 0) is 5.75 Å². The van der Waals surface area contributed by atoms with Crippen molar-refractivity contribution in [3.8, 4) is 5.75 Å². The molecule has 0 atom stereocenters. The van der Waals surface area contributed by atoms with Gasteiger partial charge in [0.25, 0.3) is 5.56 Å². The first kappa shape index (κ1) is 19.0. The summed E-state index contributed by atoms with van der Waals surface area (Å²) in [4.78, 5) is 18.0. The third-order valence-electron chi connectivity index (χ3n) is 4.32. The number of nitrogens with one attached hydrogen (secondary N) is 1. The molecule has 0 radical (unpaired) electrons. The Balaban J connectivity index is 1.32. The Hall–Kier alpha value is -2.95. The molecular weight excluding hydrogens is 438 g/mol. The van der Waals surface area contributed by atoms with Gasteiger partial charge in [-0.25, -0.2) is 4.98 Å². The number of para-hydroxylation sites is 1. The Morgan fingerprint density at radius 2 is 2.00 bits per heavy atom. The summed E-state index contributed by atoms with van der Waals surface area (Å²) in [7, 11) is 1.63. The van der Waals surface area contributed by atoms with Crippen molar-refractivity contribution < 1.29 is 4.74 Å². The summed E-state index contributed by atoms with van der Waals surface area (Å²) >= 11 is 4.48. The zero-order chi connectivity index (χ0) is 20.5. The van der Waals surface area contributed by atoms with E-state index in [1.165, 1.54) is 34.4 Å². The quantitative estimate of drug-likeness (QED) is 0.370. The summed E-state index contributed by atoms with van der Waals surface area (Å²) in [6.45, 7) is 0. The minimum atomic E-state index is -0.0642. The van der Waals surface area contributed by atoms with E-state index < -0.39 is 0 Å². The molecule has 30 heavy (non-hydrogen) atoms. The number of fused-ring (bicyclic) bond motifs is 3. The minimum absolute atomic E-state index is 0.0642. The van der Waals surface area contributed by atoms with Crippen LogP contribution in [0.5, 0.6) is 5.75 Å². The Morgan fingerprint density at radius 1 is 1.10 bits per heavy atom. The van der Waals surface area contributed by atoms with Crippen LogP contribution < -0.4 is 15.6 Å². The lowest BCUT2D eigenvalue weighted by molar-refractivity contribution is 0.415. The second kappa shape index (κ2) is 8.05. The number of anilines is 2. The van der Waals surface area contributed by atoms with Gasteiger partial charge in [-0.3, -0.25) is 9.20 Å². The summed E-state index contributed by atoms with van der Waals surface area (Å²) in [5, 5.41) is 12.3. The van der Waals surface area contributed by atoms with Gasteiger partial charge in [0.1, 0.15) is 5.75 Å². The number of rotatable bonds is 6. The summed E-state index contributed by atoms with van der Waals surface area (Å²) in [5.41, 5.74) is 2.44. The van der Waals surface area contributed by atoms with Crippen LogP contribution in [0.25, 0.3) is 15.2 Å². The van der Waals surface area contributed by atoms with Crippen LogP contribution in [0.15, 0.2) is 63.7 Å². The fourth-order valence-corrected chi connectivity index (χ4v) is 5.69. The highest BCUT2D eigenvalue weighted by atomic mass is 32.2. The Labute approximate surface area is 183 Å². The molecule has 3 aromatic heterocycles. The van der Waals surface area contributed by atoms with Gasteiger partial charge in [-0.15, -0.1) is 10.2 Å². The van der Waals surface area contributed by atoms with Crippen molar-refractivity contribution >= 4 is 60.4 Å². The van der Waals surface area contributed by atoms with Crippen LogP contribution in [0.4, 0.5) is 10.8 Å². The number of aromatic nitrogens is 4. The standard InChI is InChI=1S/C20H15N5O2S3/c1-27-14-6-4-5-12(9-14)21-18-23-24-20(30-18)28-11-13-10-17(26)25-15-7-2-3-8-16(15)29-19(25)22-13/h2-10H,11H2,1H3,(H,21,23). The number of hydrogen-bond acceptors (Lipinski definition) is 9. The summed E-state index contributed by atoms with van der Waals surface area (Å²) in [6.07, 6.45) is 0. The van der Waals surface area contributed by atoms with Gasteiger partial charge in [0, 0.05) is 23.6 Å². The van der Waals surface area contributed by atoms with Crippen LogP contribution in [0, 0.1) is 0 Å². The Kier molecular flexibility index (Phi) is 5.11. The van der Waals surface area contributed by atoms with Crippen LogP contribution in [0.3, 0.4) is 0 Å². The molecule has 0 amide bonds. The number of nitrogens with zero attached hydrogens (tertiary/aromatic N) is 4. The lowest BCUT2D eigenvalue weighted by Crippen LogP contribution is -2.13. The van der Waals surface area contributed by atoms with Crippen LogP contribution in [0.2, 0.25) is 0 Å². The molecule has 5 rings (SSSR count). The van der Waals surface area contributed by atoms with Gasteiger partial charge in [0.05, 0.1) is 23.0 Å². The van der Waals surface area contributed by atoms with Gasteiger partial charge >= 0.3 is 0 Å². The van der Waals surface area contributed by atoms with Gasteiger partial charge in [-0.1, -0.05) is 52.6 Å². The lowest BCUT2D eigenvalue weighted by Gasteiger charge is -2.04. The third kappa shape index (κ3) is 3.76. The molecule has 0 spiro atoms. The first-order valence-corrected chi connectivity index (χ1v) is 11.6.